The number of halogens is 1. The molecule has 0 unspecified atom stereocenters. The summed E-state index contributed by atoms with van der Waals surface area (Å²) >= 11 is 6.19. The third-order valence-electron chi connectivity index (χ3n) is 4.25. The van der Waals surface area contributed by atoms with Crippen molar-refractivity contribution in [3.63, 3.8) is 0 Å². The van der Waals surface area contributed by atoms with Crippen molar-refractivity contribution in [3.8, 4) is 0 Å². The minimum absolute atomic E-state index is 0.0422. The Labute approximate surface area is 172 Å². The molecular formula is C22H17ClN4O2. The lowest BCUT2D eigenvalue weighted by molar-refractivity contribution is -0.138. The van der Waals surface area contributed by atoms with Crippen molar-refractivity contribution in [3.05, 3.63) is 94.9 Å². The molecule has 0 radical (unpaired) electrons. The zero-order chi connectivity index (χ0) is 20.1. The van der Waals surface area contributed by atoms with E-state index in [1.54, 1.807) is 17.0 Å². The number of para-hydroxylation sites is 1. The van der Waals surface area contributed by atoms with Gasteiger partial charge in [-0.1, -0.05) is 65.3 Å². The van der Waals surface area contributed by atoms with E-state index in [2.05, 4.69) is 15.3 Å². The summed E-state index contributed by atoms with van der Waals surface area (Å²) in [6, 6.07) is 19.4. The number of aromatic nitrogens is 4. The summed E-state index contributed by atoms with van der Waals surface area (Å²) in [5, 5.41) is 9.36. The third-order valence-corrected chi connectivity index (χ3v) is 4.58. The van der Waals surface area contributed by atoms with E-state index in [1.165, 1.54) is 6.08 Å². The Morgan fingerprint density at radius 1 is 1.10 bits per heavy atom. The molecule has 0 bridgehead atoms. The summed E-state index contributed by atoms with van der Waals surface area (Å²) < 4.78 is 6.99. The van der Waals surface area contributed by atoms with E-state index in [0.717, 1.165) is 16.5 Å². The maximum Gasteiger partial charge on any atom is 0.331 e. The van der Waals surface area contributed by atoms with Crippen LogP contribution < -0.4 is 0 Å². The van der Waals surface area contributed by atoms with Crippen LogP contribution in [0.5, 0.6) is 0 Å². The normalized spacial score (nSPS) is 11.2. The second-order valence-corrected chi connectivity index (χ2v) is 6.76. The van der Waals surface area contributed by atoms with E-state index in [4.69, 9.17) is 16.3 Å². The summed E-state index contributed by atoms with van der Waals surface area (Å²) in [6.45, 7) is 0.653. The Balaban J connectivity index is 1.35. The van der Waals surface area contributed by atoms with Gasteiger partial charge in [0, 0.05) is 17.0 Å². The zero-order valence-electron chi connectivity index (χ0n) is 15.4. The van der Waals surface area contributed by atoms with Crippen molar-refractivity contribution >= 4 is 34.5 Å². The van der Waals surface area contributed by atoms with Crippen LogP contribution in [-0.2, 0) is 22.7 Å². The highest BCUT2D eigenvalue weighted by Gasteiger charge is 2.07. The largest absolute Gasteiger partial charge is 0.458 e. The molecule has 144 valence electrons. The molecule has 6 nitrogen and oxygen atoms in total. The molecule has 0 atom stereocenters. The standard InChI is InChI=1S/C22H17ClN4O2/c23-22-18(12-17-8-4-5-9-20(17)24-22)15-29-21(28)11-10-19-14-27(26-25-19)13-16-6-2-1-3-7-16/h1-12,14H,13,15H2/b11-10+. The predicted molar refractivity (Wildman–Crippen MR) is 111 cm³/mol. The van der Waals surface area contributed by atoms with Gasteiger partial charge in [0.05, 0.1) is 18.3 Å². The van der Waals surface area contributed by atoms with Gasteiger partial charge in [0.1, 0.15) is 17.5 Å². The van der Waals surface area contributed by atoms with Crippen LogP contribution >= 0.6 is 11.6 Å². The van der Waals surface area contributed by atoms with Crippen LogP contribution in [0.2, 0.25) is 5.15 Å². The molecule has 0 saturated heterocycles. The predicted octanol–water partition coefficient (Wildman–Crippen LogP) is 4.28. The molecule has 4 rings (SSSR count). The fourth-order valence-electron chi connectivity index (χ4n) is 2.83. The van der Waals surface area contributed by atoms with E-state index in [9.17, 15) is 4.79 Å². The van der Waals surface area contributed by atoms with Gasteiger partial charge >= 0.3 is 5.97 Å². The van der Waals surface area contributed by atoms with E-state index >= 15 is 0 Å². The van der Waals surface area contributed by atoms with E-state index in [1.807, 2.05) is 60.7 Å². The number of rotatable bonds is 6. The summed E-state index contributed by atoms with van der Waals surface area (Å²) in [4.78, 5) is 16.4. The number of benzene rings is 2. The van der Waals surface area contributed by atoms with E-state index in [0.29, 0.717) is 23.0 Å². The highest BCUT2D eigenvalue weighted by atomic mass is 35.5. The van der Waals surface area contributed by atoms with Crippen LogP contribution in [0.25, 0.3) is 17.0 Å². The Morgan fingerprint density at radius 2 is 1.90 bits per heavy atom. The lowest BCUT2D eigenvalue weighted by Crippen LogP contribution is -2.02. The molecule has 0 aliphatic rings. The molecule has 0 N–H and O–H groups in total. The van der Waals surface area contributed by atoms with Gasteiger partial charge in [-0.3, -0.25) is 0 Å². The molecule has 0 aliphatic heterocycles. The van der Waals surface area contributed by atoms with Crippen LogP contribution in [0.1, 0.15) is 16.8 Å². The Morgan fingerprint density at radius 3 is 2.76 bits per heavy atom. The topological polar surface area (TPSA) is 69.9 Å². The lowest BCUT2D eigenvalue weighted by Gasteiger charge is -2.06. The number of hydrogen-bond acceptors (Lipinski definition) is 5. The Hall–Kier alpha value is -3.51. The Bertz CT molecular complexity index is 1170. The summed E-state index contributed by atoms with van der Waals surface area (Å²) in [5.41, 5.74) is 3.14. The quantitative estimate of drug-likeness (QED) is 0.272. The molecule has 0 aliphatic carbocycles. The number of nitrogens with zero attached hydrogens (tertiary/aromatic N) is 4. The van der Waals surface area contributed by atoms with Gasteiger partial charge in [-0.15, -0.1) is 5.10 Å². The van der Waals surface area contributed by atoms with Gasteiger partial charge in [-0.2, -0.15) is 0 Å². The van der Waals surface area contributed by atoms with Crippen LogP contribution in [0, 0.1) is 0 Å². The average Bonchev–Trinajstić information content (AvgIpc) is 3.18. The van der Waals surface area contributed by atoms with Gasteiger partial charge in [0.15, 0.2) is 0 Å². The molecule has 2 heterocycles. The summed E-state index contributed by atoms with van der Waals surface area (Å²) in [6.07, 6.45) is 4.65. The molecule has 0 amide bonds. The highest BCUT2D eigenvalue weighted by Crippen LogP contribution is 2.21. The van der Waals surface area contributed by atoms with Crippen LogP contribution in [0.4, 0.5) is 0 Å². The third kappa shape index (κ3) is 4.86. The molecule has 2 aromatic carbocycles. The fourth-order valence-corrected chi connectivity index (χ4v) is 3.03. The van der Waals surface area contributed by atoms with Crippen molar-refractivity contribution in [1.29, 1.82) is 0 Å². The van der Waals surface area contributed by atoms with Crippen molar-refractivity contribution in [2.75, 3.05) is 0 Å². The first-order valence-corrected chi connectivity index (χ1v) is 9.38. The van der Waals surface area contributed by atoms with Gasteiger partial charge in [0.25, 0.3) is 0 Å². The first-order chi connectivity index (χ1) is 14.2. The van der Waals surface area contributed by atoms with Crippen molar-refractivity contribution in [2.45, 2.75) is 13.2 Å². The maximum atomic E-state index is 12.0. The van der Waals surface area contributed by atoms with Gasteiger partial charge in [-0.05, 0) is 23.8 Å². The molecule has 0 spiro atoms. The number of esters is 1. The molecule has 0 saturated carbocycles. The van der Waals surface area contributed by atoms with Crippen LogP contribution in [0.3, 0.4) is 0 Å². The molecule has 0 fully saturated rings. The first-order valence-electron chi connectivity index (χ1n) is 9.00. The molecule has 7 heteroatoms. The van der Waals surface area contributed by atoms with Gasteiger partial charge in [-0.25, -0.2) is 14.5 Å². The lowest BCUT2D eigenvalue weighted by atomic mass is 10.2. The van der Waals surface area contributed by atoms with Gasteiger partial charge in [0.2, 0.25) is 0 Å². The van der Waals surface area contributed by atoms with Crippen LogP contribution in [-0.4, -0.2) is 25.9 Å². The average molecular weight is 405 g/mol. The SMILES string of the molecule is O=C(/C=C/c1cn(Cc2ccccc2)nn1)OCc1cc2ccccc2nc1Cl. The first kappa shape index (κ1) is 18.8. The second kappa shape index (κ2) is 8.67. The number of carbonyl (C=O) groups excluding carboxylic acids is 1. The maximum absolute atomic E-state index is 12.0. The van der Waals surface area contributed by atoms with E-state index in [-0.39, 0.29) is 6.61 Å². The minimum Gasteiger partial charge on any atom is -0.458 e. The monoisotopic (exact) mass is 404 g/mol. The number of ether oxygens (including phenoxy) is 1. The number of carbonyl (C=O) groups is 1. The van der Waals surface area contributed by atoms with Crippen molar-refractivity contribution < 1.29 is 9.53 Å². The minimum atomic E-state index is -0.494. The molecule has 29 heavy (non-hydrogen) atoms. The molecule has 2 aromatic heterocycles. The number of fused-ring (bicyclic) bond motifs is 1. The van der Waals surface area contributed by atoms with Crippen molar-refractivity contribution in [1.82, 2.24) is 20.0 Å². The molecule has 4 aromatic rings. The number of pyridine rings is 1. The smallest absolute Gasteiger partial charge is 0.331 e. The van der Waals surface area contributed by atoms with E-state index < -0.39 is 5.97 Å². The zero-order valence-corrected chi connectivity index (χ0v) is 16.2. The highest BCUT2D eigenvalue weighted by molar-refractivity contribution is 6.30. The number of hydrogen-bond donors (Lipinski definition) is 0. The van der Waals surface area contributed by atoms with Gasteiger partial charge < -0.3 is 4.74 Å². The fraction of sp³-hybridized carbons (Fsp3) is 0.0909. The van der Waals surface area contributed by atoms with Crippen LogP contribution in [0.15, 0.2) is 72.9 Å². The summed E-state index contributed by atoms with van der Waals surface area (Å²) in [5.74, 6) is -0.494. The second-order valence-electron chi connectivity index (χ2n) is 6.40. The molecular weight excluding hydrogens is 388 g/mol. The Kier molecular flexibility index (Phi) is 5.63. The summed E-state index contributed by atoms with van der Waals surface area (Å²) in [7, 11) is 0. The van der Waals surface area contributed by atoms with Crippen molar-refractivity contribution in [2.24, 2.45) is 0 Å².